The van der Waals surface area contributed by atoms with Gasteiger partial charge in [0, 0.05) is 33.5 Å². The van der Waals surface area contributed by atoms with Crippen LogP contribution >= 0.6 is 45.9 Å². The quantitative estimate of drug-likeness (QED) is 0.488. The van der Waals surface area contributed by atoms with Crippen LogP contribution in [0.5, 0.6) is 0 Å². The summed E-state index contributed by atoms with van der Waals surface area (Å²) in [6, 6.07) is 6.72. The number of Topliss-reactive ketones (excluding diaryl/α,β-unsaturated/α-hetero) is 1. The summed E-state index contributed by atoms with van der Waals surface area (Å²) in [5.74, 6) is -1.58. The van der Waals surface area contributed by atoms with Gasteiger partial charge in [0.25, 0.3) is 0 Å². The van der Waals surface area contributed by atoms with E-state index in [0.29, 0.717) is 21.0 Å². The van der Waals surface area contributed by atoms with Gasteiger partial charge in [-0.05, 0) is 23.1 Å². The number of aromatic carboxylic acids is 1. The number of sulfone groups is 1. The van der Waals surface area contributed by atoms with Crippen LogP contribution in [0, 0.1) is 0 Å². The molecule has 0 spiro atoms. The van der Waals surface area contributed by atoms with E-state index in [9.17, 15) is 23.1 Å². The molecule has 0 aliphatic rings. The molecule has 2 heterocycles. The van der Waals surface area contributed by atoms with Gasteiger partial charge in [0.1, 0.15) is 0 Å². The lowest BCUT2D eigenvalue weighted by Crippen LogP contribution is -2.07. The molecular weight excluding hydrogens is 463 g/mol. The van der Waals surface area contributed by atoms with Gasteiger partial charge >= 0.3 is 5.97 Å². The van der Waals surface area contributed by atoms with Gasteiger partial charge < -0.3 is 5.11 Å². The number of carboxylic acid groups (broad SMARTS) is 1. The molecule has 146 valence electrons. The first-order valence-electron chi connectivity index (χ1n) is 7.69. The molecule has 0 amide bonds. The Kier molecular flexibility index (Phi) is 5.97. The van der Waals surface area contributed by atoms with Crippen molar-refractivity contribution in [1.82, 2.24) is 0 Å². The van der Waals surface area contributed by atoms with Crippen LogP contribution in [-0.4, -0.2) is 31.5 Å². The Balaban J connectivity index is 1.97. The number of rotatable bonds is 6. The van der Waals surface area contributed by atoms with Gasteiger partial charge in [0.05, 0.1) is 20.4 Å². The highest BCUT2D eigenvalue weighted by molar-refractivity contribution is 7.91. The van der Waals surface area contributed by atoms with Crippen LogP contribution in [0.2, 0.25) is 10.0 Å². The van der Waals surface area contributed by atoms with Crippen LogP contribution in [-0.2, 0) is 16.3 Å². The summed E-state index contributed by atoms with van der Waals surface area (Å²) in [5.41, 5.74) is 1.20. The van der Waals surface area contributed by atoms with E-state index in [1.165, 1.54) is 5.38 Å². The standard InChI is InChI=1S/C18H12Cl2O5S3/c1-28(24,25)14-8-27-17(16(14)20)12(21)6-13-15(18(22)23)11(7-26-13)9-2-4-10(19)5-3-9/h2-5,7-8H,6H2,1H3,(H,22,23). The Hall–Kier alpha value is -1.71. The normalized spacial score (nSPS) is 11.5. The monoisotopic (exact) mass is 474 g/mol. The van der Waals surface area contributed by atoms with Crippen LogP contribution in [0.4, 0.5) is 0 Å². The summed E-state index contributed by atoms with van der Waals surface area (Å²) >= 11 is 14.0. The molecule has 1 aromatic carbocycles. The molecule has 10 heteroatoms. The van der Waals surface area contributed by atoms with Crippen molar-refractivity contribution in [2.24, 2.45) is 0 Å². The fourth-order valence-corrected chi connectivity index (χ4v) is 6.64. The highest BCUT2D eigenvalue weighted by atomic mass is 35.5. The third kappa shape index (κ3) is 4.16. The third-order valence-corrected chi connectivity index (χ3v) is 8.06. The van der Waals surface area contributed by atoms with E-state index in [1.807, 2.05) is 0 Å². The topological polar surface area (TPSA) is 88.5 Å². The molecule has 0 bridgehead atoms. The molecule has 0 unspecified atom stereocenters. The minimum absolute atomic E-state index is 0.0386. The molecule has 0 aliphatic heterocycles. The Morgan fingerprint density at radius 1 is 1.07 bits per heavy atom. The van der Waals surface area contributed by atoms with Crippen LogP contribution in [0.3, 0.4) is 0 Å². The van der Waals surface area contributed by atoms with Crippen molar-refractivity contribution >= 4 is 67.5 Å². The number of hydrogen-bond donors (Lipinski definition) is 1. The van der Waals surface area contributed by atoms with Gasteiger partial charge in [0.2, 0.25) is 0 Å². The maximum Gasteiger partial charge on any atom is 0.337 e. The Labute approximate surface area is 179 Å². The molecule has 28 heavy (non-hydrogen) atoms. The van der Waals surface area contributed by atoms with Crippen LogP contribution in [0.15, 0.2) is 39.9 Å². The predicted octanol–water partition coefficient (Wildman–Crippen LogP) is 5.31. The number of ketones is 1. The Bertz CT molecular complexity index is 1170. The zero-order valence-electron chi connectivity index (χ0n) is 14.2. The summed E-state index contributed by atoms with van der Waals surface area (Å²) in [6.45, 7) is 0. The lowest BCUT2D eigenvalue weighted by molar-refractivity contribution is 0.0697. The van der Waals surface area contributed by atoms with E-state index in [1.54, 1.807) is 29.6 Å². The molecule has 0 radical (unpaired) electrons. The van der Waals surface area contributed by atoms with E-state index >= 15 is 0 Å². The van der Waals surface area contributed by atoms with Gasteiger partial charge in [-0.1, -0.05) is 35.3 Å². The Morgan fingerprint density at radius 3 is 2.25 bits per heavy atom. The second-order valence-corrected chi connectivity index (χ2v) is 10.5. The summed E-state index contributed by atoms with van der Waals surface area (Å²) in [4.78, 5) is 24.9. The van der Waals surface area contributed by atoms with E-state index in [-0.39, 0.29) is 26.8 Å². The highest BCUT2D eigenvalue weighted by Gasteiger charge is 2.26. The van der Waals surface area contributed by atoms with E-state index < -0.39 is 21.6 Å². The van der Waals surface area contributed by atoms with Crippen LogP contribution in [0.1, 0.15) is 24.9 Å². The molecule has 3 rings (SSSR count). The maximum atomic E-state index is 12.7. The lowest BCUT2D eigenvalue weighted by Gasteiger charge is -2.04. The van der Waals surface area contributed by atoms with Crippen molar-refractivity contribution in [1.29, 1.82) is 0 Å². The zero-order chi connectivity index (χ0) is 20.6. The molecule has 0 atom stereocenters. The number of carbonyl (C=O) groups is 2. The number of halogens is 2. The van der Waals surface area contributed by atoms with E-state index in [2.05, 4.69) is 0 Å². The van der Waals surface area contributed by atoms with Crippen LogP contribution in [0.25, 0.3) is 11.1 Å². The predicted molar refractivity (Wildman–Crippen MR) is 112 cm³/mol. The number of carbonyl (C=O) groups excluding carboxylic acids is 1. The van der Waals surface area contributed by atoms with Crippen molar-refractivity contribution in [3.05, 3.63) is 60.4 Å². The molecule has 5 nitrogen and oxygen atoms in total. The van der Waals surface area contributed by atoms with Crippen LogP contribution < -0.4 is 0 Å². The lowest BCUT2D eigenvalue weighted by atomic mass is 10.0. The number of carboxylic acids is 1. The molecule has 0 fully saturated rings. The van der Waals surface area contributed by atoms with Crippen molar-refractivity contribution in [3.63, 3.8) is 0 Å². The molecule has 0 saturated heterocycles. The average molecular weight is 475 g/mol. The highest BCUT2D eigenvalue weighted by Crippen LogP contribution is 2.36. The van der Waals surface area contributed by atoms with E-state index in [0.717, 1.165) is 28.9 Å². The maximum absolute atomic E-state index is 12.7. The van der Waals surface area contributed by atoms with Gasteiger partial charge in [0.15, 0.2) is 15.6 Å². The molecule has 3 aromatic rings. The van der Waals surface area contributed by atoms with Gasteiger partial charge in [-0.25, -0.2) is 13.2 Å². The molecule has 1 N–H and O–H groups in total. The van der Waals surface area contributed by atoms with E-state index in [4.69, 9.17) is 23.2 Å². The second kappa shape index (κ2) is 7.96. The smallest absolute Gasteiger partial charge is 0.337 e. The fraction of sp³-hybridized carbons (Fsp3) is 0.111. The SMILES string of the molecule is CS(=O)(=O)c1csc(C(=O)Cc2scc(-c3ccc(Cl)cc3)c2C(=O)O)c1Cl. The second-order valence-electron chi connectivity index (χ2n) is 5.87. The van der Waals surface area contributed by atoms with Crippen molar-refractivity contribution < 1.29 is 23.1 Å². The molecule has 0 aliphatic carbocycles. The minimum atomic E-state index is -3.55. The third-order valence-electron chi connectivity index (χ3n) is 3.91. The molecule has 0 saturated carbocycles. The van der Waals surface area contributed by atoms with Gasteiger partial charge in [-0.3, -0.25) is 4.79 Å². The summed E-state index contributed by atoms with van der Waals surface area (Å²) in [6.07, 6.45) is 0.818. The van der Waals surface area contributed by atoms with Gasteiger partial charge in [-0.2, -0.15) is 0 Å². The summed E-state index contributed by atoms with van der Waals surface area (Å²) in [5, 5.41) is 13.1. The zero-order valence-corrected chi connectivity index (χ0v) is 18.2. The largest absolute Gasteiger partial charge is 0.478 e. The van der Waals surface area contributed by atoms with Crippen molar-refractivity contribution in [3.8, 4) is 11.1 Å². The number of thiophene rings is 2. The number of hydrogen-bond acceptors (Lipinski definition) is 6. The summed E-state index contributed by atoms with van der Waals surface area (Å²) < 4.78 is 23.4. The first kappa shape index (κ1) is 21.0. The van der Waals surface area contributed by atoms with Crippen molar-refractivity contribution in [2.75, 3.05) is 6.26 Å². The molecular formula is C18H12Cl2O5S3. The van der Waals surface area contributed by atoms with Gasteiger partial charge in [-0.15, -0.1) is 22.7 Å². The minimum Gasteiger partial charge on any atom is -0.478 e. The number of benzene rings is 1. The molecule has 2 aromatic heterocycles. The first-order chi connectivity index (χ1) is 13.1. The average Bonchev–Trinajstić information content (AvgIpc) is 3.19. The summed E-state index contributed by atoms with van der Waals surface area (Å²) in [7, 11) is -3.55. The Morgan fingerprint density at radius 2 is 1.71 bits per heavy atom. The first-order valence-corrected chi connectivity index (χ1v) is 12.1. The van der Waals surface area contributed by atoms with Crippen molar-refractivity contribution in [2.45, 2.75) is 11.3 Å². The fourth-order valence-electron chi connectivity index (χ4n) is 2.60.